The van der Waals surface area contributed by atoms with E-state index >= 15 is 0 Å². The minimum Gasteiger partial charge on any atom is -0.493 e. The van der Waals surface area contributed by atoms with Crippen molar-refractivity contribution in [3.8, 4) is 11.5 Å². The quantitative estimate of drug-likeness (QED) is 0.919. The highest BCUT2D eigenvalue weighted by molar-refractivity contribution is 5.50. The normalized spacial score (nSPS) is 24.8. The minimum atomic E-state index is -0.267. The molecule has 1 saturated carbocycles. The van der Waals surface area contributed by atoms with Crippen molar-refractivity contribution in [3.05, 3.63) is 23.8 Å². The van der Waals surface area contributed by atoms with Crippen molar-refractivity contribution in [2.45, 2.75) is 43.7 Å². The molecule has 1 aliphatic carbocycles. The Balaban J connectivity index is 1.90. The summed E-state index contributed by atoms with van der Waals surface area (Å²) in [6, 6.07) is 6.04. The van der Waals surface area contributed by atoms with Crippen LogP contribution in [0, 0.1) is 0 Å². The second-order valence-corrected chi connectivity index (χ2v) is 5.80. The number of hydrogen-bond acceptors (Lipinski definition) is 4. The molecule has 2 fully saturated rings. The van der Waals surface area contributed by atoms with Crippen molar-refractivity contribution in [2.24, 2.45) is 5.73 Å². The highest BCUT2D eigenvalue weighted by atomic mass is 16.6. The van der Waals surface area contributed by atoms with Gasteiger partial charge in [-0.05, 0) is 18.9 Å². The highest BCUT2D eigenvalue weighted by Crippen LogP contribution is 2.44. The van der Waals surface area contributed by atoms with Crippen LogP contribution in [0.1, 0.15) is 37.7 Å². The van der Waals surface area contributed by atoms with Crippen LogP contribution < -0.4 is 15.2 Å². The van der Waals surface area contributed by atoms with Crippen molar-refractivity contribution < 1.29 is 14.2 Å². The van der Waals surface area contributed by atoms with E-state index in [0.717, 1.165) is 42.9 Å². The maximum Gasteiger partial charge on any atom is 0.165 e. The first-order chi connectivity index (χ1) is 9.73. The summed E-state index contributed by atoms with van der Waals surface area (Å²) in [7, 11) is 1.69. The summed E-state index contributed by atoms with van der Waals surface area (Å²) in [5, 5.41) is 0. The second-order valence-electron chi connectivity index (χ2n) is 5.80. The number of benzene rings is 1. The first-order valence-electron chi connectivity index (χ1n) is 7.44. The zero-order valence-electron chi connectivity index (χ0n) is 12.1. The van der Waals surface area contributed by atoms with E-state index in [2.05, 4.69) is 6.07 Å². The SMILES string of the molecule is COc1c(OC2CCOC2)cccc1C1(N)CCCC1. The Hall–Kier alpha value is -1.26. The molecule has 20 heavy (non-hydrogen) atoms. The Morgan fingerprint density at radius 2 is 2.10 bits per heavy atom. The number of para-hydroxylation sites is 1. The van der Waals surface area contributed by atoms with E-state index < -0.39 is 0 Å². The van der Waals surface area contributed by atoms with Gasteiger partial charge in [-0.1, -0.05) is 25.0 Å². The van der Waals surface area contributed by atoms with Gasteiger partial charge in [-0.3, -0.25) is 0 Å². The van der Waals surface area contributed by atoms with Crippen LogP contribution >= 0.6 is 0 Å². The molecule has 3 rings (SSSR count). The molecule has 1 unspecified atom stereocenters. The Kier molecular flexibility index (Phi) is 3.85. The average molecular weight is 277 g/mol. The molecule has 0 spiro atoms. The van der Waals surface area contributed by atoms with Crippen molar-refractivity contribution in [1.82, 2.24) is 0 Å². The van der Waals surface area contributed by atoms with Gasteiger partial charge in [0.1, 0.15) is 6.10 Å². The number of hydrogen-bond donors (Lipinski definition) is 1. The molecule has 1 aromatic rings. The molecule has 1 atom stereocenters. The Bertz CT molecular complexity index is 463. The lowest BCUT2D eigenvalue weighted by atomic mass is 9.88. The van der Waals surface area contributed by atoms with E-state index in [-0.39, 0.29) is 11.6 Å². The Morgan fingerprint density at radius 3 is 2.75 bits per heavy atom. The third-order valence-corrected chi connectivity index (χ3v) is 4.40. The van der Waals surface area contributed by atoms with Gasteiger partial charge in [-0.2, -0.15) is 0 Å². The summed E-state index contributed by atoms with van der Waals surface area (Å²) in [6.07, 6.45) is 5.44. The predicted octanol–water partition coefficient (Wildman–Crippen LogP) is 2.59. The molecule has 1 aliphatic heterocycles. The van der Waals surface area contributed by atoms with Crippen LogP contribution in [0.5, 0.6) is 11.5 Å². The van der Waals surface area contributed by atoms with Gasteiger partial charge in [0, 0.05) is 17.5 Å². The summed E-state index contributed by atoms with van der Waals surface area (Å²) in [4.78, 5) is 0. The van der Waals surface area contributed by atoms with Crippen LogP contribution in [0.25, 0.3) is 0 Å². The van der Waals surface area contributed by atoms with Gasteiger partial charge in [0.05, 0.1) is 20.3 Å². The fraction of sp³-hybridized carbons (Fsp3) is 0.625. The Morgan fingerprint density at radius 1 is 1.30 bits per heavy atom. The van der Waals surface area contributed by atoms with Crippen LogP contribution in [-0.2, 0) is 10.3 Å². The largest absolute Gasteiger partial charge is 0.493 e. The molecule has 0 radical (unpaired) electrons. The number of rotatable bonds is 4. The summed E-state index contributed by atoms with van der Waals surface area (Å²) < 4.78 is 17.0. The van der Waals surface area contributed by atoms with E-state index in [0.29, 0.717) is 6.61 Å². The van der Waals surface area contributed by atoms with Gasteiger partial charge in [0.25, 0.3) is 0 Å². The highest BCUT2D eigenvalue weighted by Gasteiger charge is 2.35. The van der Waals surface area contributed by atoms with E-state index in [4.69, 9.17) is 19.9 Å². The van der Waals surface area contributed by atoms with Gasteiger partial charge in [0.15, 0.2) is 11.5 Å². The molecular formula is C16H23NO3. The maximum absolute atomic E-state index is 6.57. The van der Waals surface area contributed by atoms with Crippen LogP contribution in [0.15, 0.2) is 18.2 Å². The number of ether oxygens (including phenoxy) is 3. The molecular weight excluding hydrogens is 254 g/mol. The molecule has 0 aromatic heterocycles. The van der Waals surface area contributed by atoms with Gasteiger partial charge < -0.3 is 19.9 Å². The molecule has 110 valence electrons. The van der Waals surface area contributed by atoms with Crippen molar-refractivity contribution in [2.75, 3.05) is 20.3 Å². The van der Waals surface area contributed by atoms with E-state index in [1.807, 2.05) is 12.1 Å². The first-order valence-corrected chi connectivity index (χ1v) is 7.44. The summed E-state index contributed by atoms with van der Waals surface area (Å²) in [5.41, 5.74) is 7.38. The topological polar surface area (TPSA) is 53.7 Å². The zero-order valence-corrected chi connectivity index (χ0v) is 12.1. The average Bonchev–Trinajstić information content (AvgIpc) is 3.11. The van der Waals surface area contributed by atoms with Crippen molar-refractivity contribution in [3.63, 3.8) is 0 Å². The molecule has 4 nitrogen and oxygen atoms in total. The number of methoxy groups -OCH3 is 1. The fourth-order valence-corrected chi connectivity index (χ4v) is 3.27. The van der Waals surface area contributed by atoms with E-state index in [1.165, 1.54) is 12.8 Å². The second kappa shape index (κ2) is 5.62. The van der Waals surface area contributed by atoms with Crippen molar-refractivity contribution >= 4 is 0 Å². The standard InChI is InChI=1S/C16H23NO3/c1-18-15-13(16(17)8-2-3-9-16)5-4-6-14(15)20-12-7-10-19-11-12/h4-6,12H,2-3,7-11,17H2,1H3. The van der Waals surface area contributed by atoms with Gasteiger partial charge in [-0.15, -0.1) is 0 Å². The molecule has 0 amide bonds. The van der Waals surface area contributed by atoms with Crippen LogP contribution in [0.4, 0.5) is 0 Å². The Labute approximate surface area is 120 Å². The monoisotopic (exact) mass is 277 g/mol. The minimum absolute atomic E-state index is 0.122. The fourth-order valence-electron chi connectivity index (χ4n) is 3.27. The lowest BCUT2D eigenvalue weighted by molar-refractivity contribution is 0.138. The molecule has 4 heteroatoms. The lowest BCUT2D eigenvalue weighted by Gasteiger charge is -2.27. The van der Waals surface area contributed by atoms with Gasteiger partial charge >= 0.3 is 0 Å². The molecule has 1 heterocycles. The smallest absolute Gasteiger partial charge is 0.165 e. The third-order valence-electron chi connectivity index (χ3n) is 4.40. The lowest BCUT2D eigenvalue weighted by Crippen LogP contribution is -2.33. The van der Waals surface area contributed by atoms with Crippen LogP contribution in [0.3, 0.4) is 0 Å². The van der Waals surface area contributed by atoms with Crippen LogP contribution in [0.2, 0.25) is 0 Å². The molecule has 2 aliphatic rings. The molecule has 1 aromatic carbocycles. The van der Waals surface area contributed by atoms with Gasteiger partial charge in [0.2, 0.25) is 0 Å². The van der Waals surface area contributed by atoms with E-state index in [9.17, 15) is 0 Å². The summed E-state index contributed by atoms with van der Waals surface area (Å²) in [6.45, 7) is 1.43. The molecule has 2 N–H and O–H groups in total. The summed E-state index contributed by atoms with van der Waals surface area (Å²) in [5.74, 6) is 1.58. The van der Waals surface area contributed by atoms with Gasteiger partial charge in [-0.25, -0.2) is 0 Å². The van der Waals surface area contributed by atoms with Crippen LogP contribution in [-0.4, -0.2) is 26.4 Å². The number of nitrogens with two attached hydrogens (primary N) is 1. The van der Waals surface area contributed by atoms with Crippen molar-refractivity contribution in [1.29, 1.82) is 0 Å². The predicted molar refractivity (Wildman–Crippen MR) is 77.2 cm³/mol. The first kappa shape index (κ1) is 13.7. The maximum atomic E-state index is 6.57. The molecule has 0 bridgehead atoms. The van der Waals surface area contributed by atoms with E-state index in [1.54, 1.807) is 7.11 Å². The molecule has 1 saturated heterocycles. The third kappa shape index (κ3) is 2.50. The zero-order chi connectivity index (χ0) is 14.0. The summed E-state index contributed by atoms with van der Waals surface area (Å²) >= 11 is 0.